The number of carbonyl (C=O) groups excluding carboxylic acids is 2. The molecule has 140 valence electrons. The third kappa shape index (κ3) is 20.9. The fourth-order valence-electron chi connectivity index (χ4n) is 1.48. The highest BCUT2D eigenvalue weighted by Gasteiger charge is 1.99. The molecule has 0 aromatic rings. The van der Waals surface area contributed by atoms with Crippen LogP contribution in [0.5, 0.6) is 0 Å². The third-order valence-electron chi connectivity index (χ3n) is 3.44. The molecule has 0 N–H and O–H groups in total. The van der Waals surface area contributed by atoms with Gasteiger partial charge in [-0.2, -0.15) is 0 Å². The Hall–Kier alpha value is -1.10. The second kappa shape index (κ2) is 18.9. The first kappa shape index (κ1) is 26.8. The maximum atomic E-state index is 10.7. The van der Waals surface area contributed by atoms with Gasteiger partial charge in [-0.1, -0.05) is 27.7 Å². The summed E-state index contributed by atoms with van der Waals surface area (Å²) < 4.78 is 0. The van der Waals surface area contributed by atoms with Gasteiger partial charge in [0.15, 0.2) is 0 Å². The van der Waals surface area contributed by atoms with Crippen LogP contribution in [-0.4, -0.2) is 73.8 Å². The van der Waals surface area contributed by atoms with Crippen molar-refractivity contribution in [3.05, 3.63) is 0 Å². The van der Waals surface area contributed by atoms with E-state index in [0.29, 0.717) is 6.42 Å². The molecule has 0 fully saturated rings. The molecule has 0 saturated heterocycles. The molecule has 5 nitrogen and oxygen atoms in total. The van der Waals surface area contributed by atoms with Crippen LogP contribution in [0, 0.1) is 0 Å². The summed E-state index contributed by atoms with van der Waals surface area (Å²) >= 11 is 0. The van der Waals surface area contributed by atoms with Crippen molar-refractivity contribution < 1.29 is 9.59 Å². The third-order valence-corrected chi connectivity index (χ3v) is 3.44. The van der Waals surface area contributed by atoms with E-state index in [-0.39, 0.29) is 11.8 Å². The van der Waals surface area contributed by atoms with Crippen LogP contribution in [0.1, 0.15) is 60.8 Å². The monoisotopic (exact) mass is 331 g/mol. The highest BCUT2D eigenvalue weighted by molar-refractivity contribution is 5.75. The molecule has 0 aliphatic carbocycles. The van der Waals surface area contributed by atoms with Gasteiger partial charge in [0, 0.05) is 40.5 Å². The van der Waals surface area contributed by atoms with E-state index in [1.54, 1.807) is 16.7 Å². The topological polar surface area (TPSA) is 43.9 Å². The predicted octanol–water partition coefficient (Wildman–Crippen LogP) is 3.10. The number of amides is 2. The maximum Gasteiger partial charge on any atom is 0.222 e. The van der Waals surface area contributed by atoms with Gasteiger partial charge < -0.3 is 14.7 Å². The fraction of sp³-hybridized carbons (Fsp3) is 0.889. The molecule has 0 aromatic heterocycles. The molecule has 0 aliphatic heterocycles. The molecule has 0 radical (unpaired) electrons. The average Bonchev–Trinajstić information content (AvgIpc) is 2.54. The van der Waals surface area contributed by atoms with Crippen LogP contribution in [0.25, 0.3) is 0 Å². The van der Waals surface area contributed by atoms with Crippen LogP contribution in [0.4, 0.5) is 0 Å². The van der Waals surface area contributed by atoms with Crippen molar-refractivity contribution in [3.63, 3.8) is 0 Å². The van der Waals surface area contributed by atoms with Crippen molar-refractivity contribution in [1.82, 2.24) is 14.7 Å². The Morgan fingerprint density at radius 3 is 1.35 bits per heavy atom. The van der Waals surface area contributed by atoms with Gasteiger partial charge in [0.25, 0.3) is 0 Å². The van der Waals surface area contributed by atoms with Gasteiger partial charge in [-0.15, -0.1) is 0 Å². The van der Waals surface area contributed by atoms with Gasteiger partial charge in [0.2, 0.25) is 11.8 Å². The SMILES string of the molecule is CCC(=O)N(C)CC.CCCN(C)C(C)=O.CCCN(C)CC. The number of carbonyl (C=O) groups is 2. The Bertz CT molecular complexity index is 283. The quantitative estimate of drug-likeness (QED) is 0.720. The zero-order valence-corrected chi connectivity index (χ0v) is 17.1. The highest BCUT2D eigenvalue weighted by Crippen LogP contribution is 1.86. The predicted molar refractivity (Wildman–Crippen MR) is 101 cm³/mol. The molecule has 0 saturated carbocycles. The Morgan fingerprint density at radius 1 is 0.739 bits per heavy atom. The lowest BCUT2D eigenvalue weighted by molar-refractivity contribution is -0.129. The van der Waals surface area contributed by atoms with Crippen LogP contribution in [0.15, 0.2) is 0 Å². The minimum Gasteiger partial charge on any atom is -0.346 e. The van der Waals surface area contributed by atoms with Crippen molar-refractivity contribution in [1.29, 1.82) is 0 Å². The largest absolute Gasteiger partial charge is 0.346 e. The summed E-state index contributed by atoms with van der Waals surface area (Å²) in [5.74, 6) is 0.361. The molecule has 0 bridgehead atoms. The summed E-state index contributed by atoms with van der Waals surface area (Å²) in [6, 6.07) is 0. The molecular formula is C18H41N3O2. The van der Waals surface area contributed by atoms with Crippen molar-refractivity contribution in [2.75, 3.05) is 47.3 Å². The number of hydrogen-bond donors (Lipinski definition) is 0. The Kier molecular flexibility index (Phi) is 22.1. The normalized spacial score (nSPS) is 9.30. The zero-order chi connectivity index (χ0) is 18.8. The molecule has 0 aliphatic rings. The molecule has 23 heavy (non-hydrogen) atoms. The van der Waals surface area contributed by atoms with Gasteiger partial charge in [-0.05, 0) is 39.9 Å². The Morgan fingerprint density at radius 2 is 1.22 bits per heavy atom. The first-order valence-electron chi connectivity index (χ1n) is 8.85. The van der Waals surface area contributed by atoms with Crippen LogP contribution < -0.4 is 0 Å². The Balaban J connectivity index is -0.000000262. The summed E-state index contributed by atoms with van der Waals surface area (Å²) in [6.45, 7) is 15.9. The first-order chi connectivity index (χ1) is 10.7. The van der Waals surface area contributed by atoms with E-state index in [1.807, 2.05) is 27.9 Å². The second-order valence-electron chi connectivity index (χ2n) is 5.60. The van der Waals surface area contributed by atoms with Gasteiger partial charge in [0.05, 0.1) is 0 Å². The van der Waals surface area contributed by atoms with Crippen molar-refractivity contribution in [2.45, 2.75) is 60.8 Å². The van der Waals surface area contributed by atoms with E-state index in [1.165, 1.54) is 19.5 Å². The summed E-state index contributed by atoms with van der Waals surface area (Å²) in [6.07, 6.45) is 2.92. The molecule has 0 aromatic carbocycles. The minimum atomic E-state index is 0.145. The summed E-state index contributed by atoms with van der Waals surface area (Å²) in [4.78, 5) is 26.9. The Labute approximate surface area is 145 Å². The lowest BCUT2D eigenvalue weighted by Gasteiger charge is -2.11. The molecule has 5 heteroatoms. The standard InChI is InChI=1S/2C6H13NO.C6H15N/c1-4-5-7(3)6(2)8;1-4-6(8)7(3)5-2;1-4-6-7(3)5-2/h2*4-5H2,1-3H3;4-6H2,1-3H3. The molecule has 0 heterocycles. The fourth-order valence-corrected chi connectivity index (χ4v) is 1.48. The van der Waals surface area contributed by atoms with E-state index >= 15 is 0 Å². The smallest absolute Gasteiger partial charge is 0.222 e. The van der Waals surface area contributed by atoms with Gasteiger partial charge in [-0.25, -0.2) is 0 Å². The lowest BCUT2D eigenvalue weighted by Crippen LogP contribution is -2.24. The first-order valence-corrected chi connectivity index (χ1v) is 8.85. The number of hydrogen-bond acceptors (Lipinski definition) is 3. The zero-order valence-electron chi connectivity index (χ0n) is 17.1. The van der Waals surface area contributed by atoms with Crippen molar-refractivity contribution in [2.24, 2.45) is 0 Å². The van der Waals surface area contributed by atoms with Crippen LogP contribution in [-0.2, 0) is 9.59 Å². The van der Waals surface area contributed by atoms with E-state index in [9.17, 15) is 9.59 Å². The molecule has 2 amide bonds. The van der Waals surface area contributed by atoms with Crippen molar-refractivity contribution >= 4 is 11.8 Å². The minimum absolute atomic E-state index is 0.145. The highest BCUT2D eigenvalue weighted by atomic mass is 16.2. The molecular weight excluding hydrogens is 290 g/mol. The molecule has 0 spiro atoms. The van der Waals surface area contributed by atoms with Gasteiger partial charge in [-0.3, -0.25) is 9.59 Å². The van der Waals surface area contributed by atoms with E-state index in [0.717, 1.165) is 19.5 Å². The van der Waals surface area contributed by atoms with Crippen LogP contribution >= 0.6 is 0 Å². The van der Waals surface area contributed by atoms with Gasteiger partial charge >= 0.3 is 0 Å². The number of nitrogens with zero attached hydrogens (tertiary/aromatic N) is 3. The van der Waals surface area contributed by atoms with E-state index < -0.39 is 0 Å². The second-order valence-corrected chi connectivity index (χ2v) is 5.60. The van der Waals surface area contributed by atoms with Crippen LogP contribution in [0.3, 0.4) is 0 Å². The van der Waals surface area contributed by atoms with E-state index in [2.05, 4.69) is 32.7 Å². The molecule has 0 atom stereocenters. The lowest BCUT2D eigenvalue weighted by atomic mass is 10.4. The van der Waals surface area contributed by atoms with Crippen LogP contribution in [0.2, 0.25) is 0 Å². The maximum absolute atomic E-state index is 10.7. The number of rotatable bonds is 7. The summed E-state index contributed by atoms with van der Waals surface area (Å²) in [7, 11) is 5.77. The molecule has 0 unspecified atom stereocenters. The summed E-state index contributed by atoms with van der Waals surface area (Å²) in [5, 5.41) is 0. The summed E-state index contributed by atoms with van der Waals surface area (Å²) in [5.41, 5.74) is 0. The average molecular weight is 332 g/mol. The molecule has 0 rings (SSSR count). The van der Waals surface area contributed by atoms with E-state index in [4.69, 9.17) is 0 Å². The van der Waals surface area contributed by atoms with Crippen molar-refractivity contribution in [3.8, 4) is 0 Å². The van der Waals surface area contributed by atoms with Gasteiger partial charge in [0.1, 0.15) is 0 Å².